The first kappa shape index (κ1) is 14.7. The van der Waals surface area contributed by atoms with Crippen molar-refractivity contribution in [1.82, 2.24) is 15.2 Å². The Labute approximate surface area is 135 Å². The van der Waals surface area contributed by atoms with Crippen molar-refractivity contribution in [3.8, 4) is 10.6 Å². The van der Waals surface area contributed by atoms with Gasteiger partial charge in [0.15, 0.2) is 0 Å². The third-order valence-corrected chi connectivity index (χ3v) is 4.51. The predicted octanol–water partition coefficient (Wildman–Crippen LogP) is 3.33. The number of hydrogen-bond acceptors (Lipinski definition) is 6. The average molecular weight is 328 g/mol. The Kier molecular flexibility index (Phi) is 4.77. The molecule has 1 amide bonds. The Morgan fingerprint density at radius 2 is 1.91 bits per heavy atom. The summed E-state index contributed by atoms with van der Waals surface area (Å²) >= 11 is 2.74. The third-order valence-electron chi connectivity index (χ3n) is 2.68. The van der Waals surface area contributed by atoms with Gasteiger partial charge in [0.2, 0.25) is 11.0 Å². The molecule has 2 aromatic heterocycles. The standard InChI is InChI=1S/C15H12N4OS2/c20-12(10-21-13-8-4-5-9-16-13)17-15-19-18-14(22-15)11-6-2-1-3-7-11/h1-9H,10H2,(H,17,19,20). The van der Waals surface area contributed by atoms with Gasteiger partial charge in [-0.1, -0.05) is 59.5 Å². The van der Waals surface area contributed by atoms with Gasteiger partial charge in [0.05, 0.1) is 10.8 Å². The number of aromatic nitrogens is 3. The van der Waals surface area contributed by atoms with Crippen LogP contribution in [0.15, 0.2) is 59.8 Å². The number of carbonyl (C=O) groups is 1. The Balaban J connectivity index is 1.57. The fourth-order valence-electron chi connectivity index (χ4n) is 1.70. The fourth-order valence-corrected chi connectivity index (χ4v) is 3.13. The van der Waals surface area contributed by atoms with Crippen molar-refractivity contribution in [2.75, 3.05) is 11.1 Å². The number of pyridine rings is 1. The molecule has 1 N–H and O–H groups in total. The molecule has 2 heterocycles. The van der Waals surface area contributed by atoms with Gasteiger partial charge in [0.1, 0.15) is 5.01 Å². The Morgan fingerprint density at radius 1 is 1.09 bits per heavy atom. The Morgan fingerprint density at radius 3 is 2.68 bits per heavy atom. The van der Waals surface area contributed by atoms with Crippen molar-refractivity contribution >= 4 is 34.1 Å². The van der Waals surface area contributed by atoms with Crippen LogP contribution in [-0.4, -0.2) is 26.8 Å². The van der Waals surface area contributed by atoms with Gasteiger partial charge >= 0.3 is 0 Å². The number of thioether (sulfide) groups is 1. The maximum Gasteiger partial charge on any atom is 0.236 e. The average Bonchev–Trinajstić information content (AvgIpc) is 3.03. The number of nitrogens with one attached hydrogen (secondary N) is 1. The monoisotopic (exact) mass is 328 g/mol. The number of anilines is 1. The lowest BCUT2D eigenvalue weighted by Gasteiger charge is -2.00. The summed E-state index contributed by atoms with van der Waals surface area (Å²) < 4.78 is 0. The summed E-state index contributed by atoms with van der Waals surface area (Å²) in [5.74, 6) is 0.170. The van der Waals surface area contributed by atoms with Crippen LogP contribution in [0.3, 0.4) is 0 Å². The van der Waals surface area contributed by atoms with Crippen LogP contribution in [0.25, 0.3) is 10.6 Å². The van der Waals surface area contributed by atoms with E-state index in [0.29, 0.717) is 5.13 Å². The fraction of sp³-hybridized carbons (Fsp3) is 0.0667. The normalized spacial score (nSPS) is 10.4. The minimum atomic E-state index is -0.119. The van der Waals surface area contributed by atoms with E-state index in [2.05, 4.69) is 20.5 Å². The number of nitrogens with zero attached hydrogens (tertiary/aromatic N) is 3. The molecule has 0 bridgehead atoms. The van der Waals surface area contributed by atoms with Crippen molar-refractivity contribution in [3.63, 3.8) is 0 Å². The largest absolute Gasteiger partial charge is 0.300 e. The Hall–Kier alpha value is -2.25. The van der Waals surface area contributed by atoms with Crippen molar-refractivity contribution in [2.24, 2.45) is 0 Å². The molecule has 0 aliphatic rings. The molecule has 0 atom stereocenters. The minimum absolute atomic E-state index is 0.119. The molecule has 0 saturated heterocycles. The highest BCUT2D eigenvalue weighted by molar-refractivity contribution is 7.99. The molecule has 7 heteroatoms. The zero-order valence-corrected chi connectivity index (χ0v) is 13.1. The van der Waals surface area contributed by atoms with Crippen LogP contribution >= 0.6 is 23.1 Å². The topological polar surface area (TPSA) is 67.8 Å². The van der Waals surface area contributed by atoms with Gasteiger partial charge in [-0.05, 0) is 12.1 Å². The molecule has 0 saturated carbocycles. The number of rotatable bonds is 5. The minimum Gasteiger partial charge on any atom is -0.300 e. The third kappa shape index (κ3) is 3.90. The highest BCUT2D eigenvalue weighted by Gasteiger charge is 2.10. The van der Waals surface area contributed by atoms with Crippen molar-refractivity contribution in [3.05, 3.63) is 54.7 Å². The van der Waals surface area contributed by atoms with E-state index in [4.69, 9.17) is 0 Å². The maximum atomic E-state index is 11.9. The summed E-state index contributed by atoms with van der Waals surface area (Å²) in [5, 5.41) is 13.0. The second kappa shape index (κ2) is 7.15. The molecule has 5 nitrogen and oxygen atoms in total. The van der Waals surface area contributed by atoms with E-state index in [1.165, 1.54) is 23.1 Å². The van der Waals surface area contributed by atoms with Crippen LogP contribution < -0.4 is 5.32 Å². The van der Waals surface area contributed by atoms with Crippen molar-refractivity contribution in [2.45, 2.75) is 5.03 Å². The van der Waals surface area contributed by atoms with E-state index < -0.39 is 0 Å². The lowest BCUT2D eigenvalue weighted by molar-refractivity contribution is -0.113. The summed E-state index contributed by atoms with van der Waals surface area (Å²) in [4.78, 5) is 16.1. The van der Waals surface area contributed by atoms with Gasteiger partial charge in [0, 0.05) is 11.8 Å². The number of carbonyl (C=O) groups excluding carboxylic acids is 1. The van der Waals surface area contributed by atoms with E-state index in [-0.39, 0.29) is 11.7 Å². The van der Waals surface area contributed by atoms with E-state index in [0.717, 1.165) is 15.6 Å². The predicted molar refractivity (Wildman–Crippen MR) is 88.9 cm³/mol. The van der Waals surface area contributed by atoms with Gasteiger partial charge in [-0.2, -0.15) is 0 Å². The first-order valence-corrected chi connectivity index (χ1v) is 8.34. The lowest BCUT2D eigenvalue weighted by Crippen LogP contribution is -2.13. The Bertz CT molecular complexity index is 747. The quantitative estimate of drug-likeness (QED) is 0.728. The van der Waals surface area contributed by atoms with Crippen LogP contribution in [0.5, 0.6) is 0 Å². The molecule has 0 fully saturated rings. The van der Waals surface area contributed by atoms with Crippen LogP contribution in [0, 0.1) is 0 Å². The molecule has 0 aliphatic heterocycles. The van der Waals surface area contributed by atoms with Gasteiger partial charge in [-0.15, -0.1) is 10.2 Å². The molecular weight excluding hydrogens is 316 g/mol. The molecule has 0 radical (unpaired) electrons. The number of benzene rings is 1. The van der Waals surface area contributed by atoms with E-state index in [1.54, 1.807) is 6.20 Å². The molecular formula is C15H12N4OS2. The molecule has 0 aliphatic carbocycles. The highest BCUT2D eigenvalue weighted by Crippen LogP contribution is 2.26. The molecule has 110 valence electrons. The van der Waals surface area contributed by atoms with Crippen LogP contribution in [0.2, 0.25) is 0 Å². The van der Waals surface area contributed by atoms with E-state index in [1.807, 2.05) is 48.5 Å². The first-order chi connectivity index (χ1) is 10.8. The lowest BCUT2D eigenvalue weighted by atomic mass is 10.2. The summed E-state index contributed by atoms with van der Waals surface area (Å²) in [5.41, 5.74) is 0.989. The highest BCUT2D eigenvalue weighted by atomic mass is 32.2. The first-order valence-electron chi connectivity index (χ1n) is 6.54. The smallest absolute Gasteiger partial charge is 0.236 e. The zero-order valence-electron chi connectivity index (χ0n) is 11.5. The SMILES string of the molecule is O=C(CSc1ccccn1)Nc1nnc(-c2ccccc2)s1. The van der Waals surface area contributed by atoms with Crippen LogP contribution in [0.1, 0.15) is 0 Å². The van der Waals surface area contributed by atoms with Crippen molar-refractivity contribution in [1.29, 1.82) is 0 Å². The number of amides is 1. The molecule has 22 heavy (non-hydrogen) atoms. The van der Waals surface area contributed by atoms with Crippen LogP contribution in [-0.2, 0) is 4.79 Å². The van der Waals surface area contributed by atoms with E-state index >= 15 is 0 Å². The molecule has 0 spiro atoms. The van der Waals surface area contributed by atoms with Gasteiger partial charge in [-0.3, -0.25) is 10.1 Å². The molecule has 0 unspecified atom stereocenters. The van der Waals surface area contributed by atoms with Gasteiger partial charge < -0.3 is 0 Å². The van der Waals surface area contributed by atoms with E-state index in [9.17, 15) is 4.79 Å². The molecule has 1 aromatic carbocycles. The van der Waals surface area contributed by atoms with Crippen molar-refractivity contribution < 1.29 is 4.79 Å². The second-order valence-electron chi connectivity index (χ2n) is 4.28. The summed E-state index contributed by atoms with van der Waals surface area (Å²) in [6.07, 6.45) is 1.71. The van der Waals surface area contributed by atoms with Crippen LogP contribution in [0.4, 0.5) is 5.13 Å². The number of hydrogen-bond donors (Lipinski definition) is 1. The second-order valence-corrected chi connectivity index (χ2v) is 6.26. The maximum absolute atomic E-state index is 11.9. The molecule has 3 aromatic rings. The summed E-state index contributed by atoms with van der Waals surface area (Å²) in [6.45, 7) is 0. The zero-order chi connectivity index (χ0) is 15.2. The summed E-state index contributed by atoms with van der Waals surface area (Å²) in [6, 6.07) is 15.4. The molecule has 3 rings (SSSR count). The van der Waals surface area contributed by atoms with Gasteiger partial charge in [0.25, 0.3) is 0 Å². The van der Waals surface area contributed by atoms with Gasteiger partial charge in [-0.25, -0.2) is 4.98 Å². The summed E-state index contributed by atoms with van der Waals surface area (Å²) in [7, 11) is 0.